The Morgan fingerprint density at radius 2 is 1.96 bits per heavy atom. The predicted molar refractivity (Wildman–Crippen MR) is 95.6 cm³/mol. The first-order valence-electron chi connectivity index (χ1n) is 7.74. The smallest absolute Gasteiger partial charge is 0.194 e. The van der Waals surface area contributed by atoms with Crippen molar-refractivity contribution in [2.45, 2.75) is 32.6 Å². The van der Waals surface area contributed by atoms with Crippen molar-refractivity contribution < 1.29 is 4.79 Å². The highest BCUT2D eigenvalue weighted by Gasteiger charge is 2.18. The van der Waals surface area contributed by atoms with E-state index in [-0.39, 0.29) is 5.41 Å². The maximum Gasteiger partial charge on any atom is 0.194 e. The van der Waals surface area contributed by atoms with E-state index in [9.17, 15) is 4.79 Å². The van der Waals surface area contributed by atoms with Crippen molar-refractivity contribution in [3.63, 3.8) is 0 Å². The van der Waals surface area contributed by atoms with Crippen LogP contribution in [-0.2, 0) is 5.41 Å². The van der Waals surface area contributed by atoms with Crippen molar-refractivity contribution in [3.05, 3.63) is 59.2 Å². The zero-order valence-electron chi connectivity index (χ0n) is 13.6. The van der Waals surface area contributed by atoms with Crippen molar-refractivity contribution >= 4 is 17.6 Å². The molecule has 0 amide bonds. The van der Waals surface area contributed by atoms with E-state index >= 15 is 0 Å². The summed E-state index contributed by atoms with van der Waals surface area (Å²) in [7, 11) is 0. The van der Waals surface area contributed by atoms with E-state index in [1.54, 1.807) is 6.07 Å². The number of carbonyl (C=O) groups is 1. The summed E-state index contributed by atoms with van der Waals surface area (Å²) in [5.41, 5.74) is 4.19. The van der Waals surface area contributed by atoms with Crippen molar-refractivity contribution in [1.82, 2.24) is 9.55 Å². The van der Waals surface area contributed by atoms with Crippen LogP contribution in [0.25, 0.3) is 16.4 Å². The molecule has 0 spiro atoms. The third kappa shape index (κ3) is 2.99. The van der Waals surface area contributed by atoms with E-state index in [4.69, 9.17) is 0 Å². The lowest BCUT2D eigenvalue weighted by molar-refractivity contribution is 0.111. The second-order valence-electron chi connectivity index (χ2n) is 6.25. The molecule has 2 aromatic heterocycles. The first-order chi connectivity index (χ1) is 11.0. The molecule has 0 bridgehead atoms. The number of thiazole rings is 1. The third-order valence-electron chi connectivity index (χ3n) is 4.45. The maximum absolute atomic E-state index is 11.1. The Bertz CT molecular complexity index is 812. The van der Waals surface area contributed by atoms with Crippen LogP contribution in [0.5, 0.6) is 0 Å². The first-order valence-corrected chi connectivity index (χ1v) is 8.62. The molecule has 3 rings (SSSR count). The van der Waals surface area contributed by atoms with Crippen LogP contribution < -0.4 is 0 Å². The van der Waals surface area contributed by atoms with Gasteiger partial charge >= 0.3 is 0 Å². The minimum absolute atomic E-state index is 0.190. The van der Waals surface area contributed by atoms with Crippen LogP contribution in [0.3, 0.4) is 0 Å². The minimum Gasteiger partial charge on any atom is -0.296 e. The van der Waals surface area contributed by atoms with Gasteiger partial charge in [-0.05, 0) is 29.5 Å². The van der Waals surface area contributed by atoms with E-state index < -0.39 is 0 Å². The zero-order chi connectivity index (χ0) is 16.4. The zero-order valence-corrected chi connectivity index (χ0v) is 14.4. The van der Waals surface area contributed by atoms with Crippen LogP contribution in [0.15, 0.2) is 48.0 Å². The monoisotopic (exact) mass is 324 g/mol. The van der Waals surface area contributed by atoms with Crippen LogP contribution in [-0.4, -0.2) is 15.8 Å². The van der Waals surface area contributed by atoms with E-state index in [2.05, 4.69) is 50.0 Å². The number of hydrogen-bond donors (Lipinski definition) is 0. The van der Waals surface area contributed by atoms with Gasteiger partial charge in [-0.15, -0.1) is 11.3 Å². The second kappa shape index (κ2) is 6.13. The molecular formula is C19H20N2OS. The van der Waals surface area contributed by atoms with Gasteiger partial charge in [0.2, 0.25) is 0 Å². The van der Waals surface area contributed by atoms with Gasteiger partial charge in [0.25, 0.3) is 0 Å². The molecule has 0 unspecified atom stereocenters. The van der Waals surface area contributed by atoms with Gasteiger partial charge in [0.1, 0.15) is 0 Å². The van der Waals surface area contributed by atoms with Crippen molar-refractivity contribution in [2.24, 2.45) is 0 Å². The second-order valence-corrected chi connectivity index (χ2v) is 7.09. The number of hydrogen-bond acceptors (Lipinski definition) is 3. The van der Waals surface area contributed by atoms with Gasteiger partial charge in [-0.25, -0.2) is 4.98 Å². The molecule has 3 nitrogen and oxygen atoms in total. The lowest BCUT2D eigenvalue weighted by Gasteiger charge is -2.23. The van der Waals surface area contributed by atoms with Gasteiger partial charge in [-0.1, -0.05) is 45.0 Å². The molecule has 0 aliphatic carbocycles. The van der Waals surface area contributed by atoms with Crippen molar-refractivity contribution in [3.8, 4) is 16.4 Å². The molecule has 23 heavy (non-hydrogen) atoms. The summed E-state index contributed by atoms with van der Waals surface area (Å²) in [6, 6.07) is 12.3. The fourth-order valence-corrected chi connectivity index (χ4v) is 3.30. The SMILES string of the molecule is CCC(C)(C)c1ccc(-c2csc(-n3cccc3C=O)n2)cc1. The summed E-state index contributed by atoms with van der Waals surface area (Å²) in [6.07, 6.45) is 3.82. The first kappa shape index (κ1) is 15.7. The molecule has 0 atom stereocenters. The van der Waals surface area contributed by atoms with Gasteiger partial charge in [0, 0.05) is 17.1 Å². The van der Waals surface area contributed by atoms with Gasteiger partial charge in [0.05, 0.1) is 11.4 Å². The highest BCUT2D eigenvalue weighted by atomic mass is 32.1. The molecule has 0 radical (unpaired) electrons. The average Bonchev–Trinajstić information content (AvgIpc) is 3.23. The number of rotatable bonds is 5. The topological polar surface area (TPSA) is 34.9 Å². The van der Waals surface area contributed by atoms with Crippen molar-refractivity contribution in [1.29, 1.82) is 0 Å². The van der Waals surface area contributed by atoms with E-state index in [1.165, 1.54) is 16.9 Å². The quantitative estimate of drug-likeness (QED) is 0.612. The molecule has 0 saturated carbocycles. The average molecular weight is 324 g/mol. The largest absolute Gasteiger partial charge is 0.296 e. The van der Waals surface area contributed by atoms with Gasteiger partial charge in [0.15, 0.2) is 11.4 Å². The molecule has 2 heterocycles. The summed E-state index contributed by atoms with van der Waals surface area (Å²) < 4.78 is 1.82. The summed E-state index contributed by atoms with van der Waals surface area (Å²) in [5, 5.41) is 2.84. The Morgan fingerprint density at radius 3 is 2.61 bits per heavy atom. The summed E-state index contributed by atoms with van der Waals surface area (Å²) in [4.78, 5) is 15.7. The lowest BCUT2D eigenvalue weighted by Crippen LogP contribution is -2.14. The van der Waals surface area contributed by atoms with Crippen LogP contribution >= 0.6 is 11.3 Å². The normalized spacial score (nSPS) is 11.6. The van der Waals surface area contributed by atoms with E-state index in [0.29, 0.717) is 5.69 Å². The number of benzene rings is 1. The molecule has 4 heteroatoms. The Hall–Kier alpha value is -2.20. The summed E-state index contributed by atoms with van der Waals surface area (Å²) >= 11 is 1.54. The van der Waals surface area contributed by atoms with Crippen LogP contribution in [0.1, 0.15) is 43.2 Å². The van der Waals surface area contributed by atoms with Crippen LogP contribution in [0.2, 0.25) is 0 Å². The molecule has 118 valence electrons. The molecular weight excluding hydrogens is 304 g/mol. The molecule has 3 aromatic rings. The Labute approximate surface area is 140 Å². The fourth-order valence-electron chi connectivity index (χ4n) is 2.47. The third-order valence-corrected chi connectivity index (χ3v) is 5.29. The molecule has 0 saturated heterocycles. The molecule has 1 aromatic carbocycles. The molecule has 0 N–H and O–H groups in total. The summed E-state index contributed by atoms with van der Waals surface area (Å²) in [5.74, 6) is 0. The molecule has 0 aliphatic heterocycles. The fraction of sp³-hybridized carbons (Fsp3) is 0.263. The van der Waals surface area contributed by atoms with Gasteiger partial charge in [-0.2, -0.15) is 0 Å². The highest BCUT2D eigenvalue weighted by Crippen LogP contribution is 2.30. The number of aldehydes is 1. The van der Waals surface area contributed by atoms with Gasteiger partial charge < -0.3 is 0 Å². The number of carbonyl (C=O) groups excluding carboxylic acids is 1. The van der Waals surface area contributed by atoms with E-state index in [1.807, 2.05) is 22.2 Å². The Morgan fingerprint density at radius 1 is 1.22 bits per heavy atom. The van der Waals surface area contributed by atoms with Gasteiger partial charge in [-0.3, -0.25) is 9.36 Å². The molecule has 0 fully saturated rings. The highest BCUT2D eigenvalue weighted by molar-refractivity contribution is 7.12. The Kier molecular flexibility index (Phi) is 4.18. The molecule has 0 aliphatic rings. The standard InChI is InChI=1S/C19H20N2OS/c1-4-19(2,3)15-9-7-14(8-10-15)17-13-23-18(20-17)21-11-5-6-16(21)12-22/h5-13H,4H2,1-3H3. The number of aromatic nitrogens is 2. The van der Waals surface area contributed by atoms with Crippen LogP contribution in [0, 0.1) is 0 Å². The lowest BCUT2D eigenvalue weighted by atomic mass is 9.82. The summed E-state index contributed by atoms with van der Waals surface area (Å²) in [6.45, 7) is 6.73. The predicted octanol–water partition coefficient (Wildman–Crippen LogP) is 5.10. The maximum atomic E-state index is 11.1. The van der Waals surface area contributed by atoms with E-state index in [0.717, 1.165) is 29.1 Å². The van der Waals surface area contributed by atoms with Crippen molar-refractivity contribution in [2.75, 3.05) is 0 Å². The van der Waals surface area contributed by atoms with Crippen LogP contribution in [0.4, 0.5) is 0 Å². The minimum atomic E-state index is 0.190. The number of nitrogens with zero attached hydrogens (tertiary/aromatic N) is 2. The Balaban J connectivity index is 1.90.